The van der Waals surface area contributed by atoms with Crippen molar-refractivity contribution >= 4 is 12.1 Å². The zero-order valence-corrected chi connectivity index (χ0v) is 14.8. The van der Waals surface area contributed by atoms with Crippen LogP contribution in [-0.2, 0) is 27.4 Å². The second-order valence-electron chi connectivity index (χ2n) is 6.76. The highest BCUT2D eigenvalue weighted by atomic mass is 16.6. The van der Waals surface area contributed by atoms with Gasteiger partial charge in [0.25, 0.3) is 0 Å². The molecule has 2 aromatic rings. The summed E-state index contributed by atoms with van der Waals surface area (Å²) in [6, 6.07) is 8.41. The quantitative estimate of drug-likeness (QED) is 0.888. The SMILES string of the molecule is O=C(O)C1c2cn(C3CCOCC3)nc2CN1C(=O)OCc1ccccc1. The third-order valence-electron chi connectivity index (χ3n) is 5.01. The lowest BCUT2D eigenvalue weighted by Gasteiger charge is -2.24. The molecule has 1 atom stereocenters. The molecule has 0 radical (unpaired) electrons. The van der Waals surface area contributed by atoms with Crippen molar-refractivity contribution in [3.63, 3.8) is 0 Å². The first kappa shape index (κ1) is 17.5. The summed E-state index contributed by atoms with van der Waals surface area (Å²) < 4.78 is 12.5. The molecule has 1 amide bonds. The highest BCUT2D eigenvalue weighted by Crippen LogP contribution is 2.35. The number of carbonyl (C=O) groups excluding carboxylic acids is 1. The van der Waals surface area contributed by atoms with Gasteiger partial charge in [-0.05, 0) is 18.4 Å². The molecule has 1 aromatic heterocycles. The van der Waals surface area contributed by atoms with Gasteiger partial charge in [0.05, 0.1) is 18.3 Å². The van der Waals surface area contributed by atoms with Crippen LogP contribution in [0.15, 0.2) is 36.5 Å². The zero-order chi connectivity index (χ0) is 18.8. The number of nitrogens with zero attached hydrogens (tertiary/aromatic N) is 3. The maximum absolute atomic E-state index is 12.5. The van der Waals surface area contributed by atoms with Crippen LogP contribution in [0.2, 0.25) is 0 Å². The van der Waals surface area contributed by atoms with E-state index in [0.29, 0.717) is 24.5 Å². The fourth-order valence-electron chi connectivity index (χ4n) is 3.59. The Hall–Kier alpha value is -2.87. The minimum absolute atomic E-state index is 0.0994. The standard InChI is InChI=1S/C19H21N3O5/c23-18(24)17-15-10-22(14-6-8-26-9-7-14)20-16(15)11-21(17)19(25)27-12-13-4-2-1-3-5-13/h1-5,10,14,17H,6-9,11-12H2,(H,23,24). The summed E-state index contributed by atoms with van der Waals surface area (Å²) in [6.07, 6.45) is 2.80. The molecule has 8 heteroatoms. The third-order valence-corrected chi connectivity index (χ3v) is 5.01. The van der Waals surface area contributed by atoms with Gasteiger partial charge in [0.15, 0.2) is 6.04 Å². The molecule has 27 heavy (non-hydrogen) atoms. The highest BCUT2D eigenvalue weighted by molar-refractivity contribution is 5.83. The van der Waals surface area contributed by atoms with Gasteiger partial charge in [0.1, 0.15) is 6.61 Å². The van der Waals surface area contributed by atoms with Crippen LogP contribution < -0.4 is 0 Å². The molecule has 1 saturated heterocycles. The molecule has 0 spiro atoms. The van der Waals surface area contributed by atoms with Gasteiger partial charge >= 0.3 is 12.1 Å². The van der Waals surface area contributed by atoms with Gasteiger partial charge in [-0.25, -0.2) is 9.59 Å². The topological polar surface area (TPSA) is 93.9 Å². The van der Waals surface area contributed by atoms with E-state index in [1.807, 2.05) is 35.0 Å². The Morgan fingerprint density at radius 2 is 1.96 bits per heavy atom. The van der Waals surface area contributed by atoms with Crippen LogP contribution in [0.5, 0.6) is 0 Å². The van der Waals surface area contributed by atoms with Gasteiger partial charge in [-0.2, -0.15) is 5.10 Å². The Labute approximate surface area is 156 Å². The molecule has 2 aliphatic heterocycles. The van der Waals surface area contributed by atoms with Gasteiger partial charge in [-0.15, -0.1) is 0 Å². The minimum atomic E-state index is -1.09. The predicted octanol–water partition coefficient (Wildman–Crippen LogP) is 2.51. The lowest BCUT2D eigenvalue weighted by Crippen LogP contribution is -2.34. The number of ether oxygens (including phenoxy) is 2. The summed E-state index contributed by atoms with van der Waals surface area (Å²) in [4.78, 5) is 25.5. The molecular weight excluding hydrogens is 350 g/mol. The van der Waals surface area contributed by atoms with E-state index in [-0.39, 0.29) is 19.2 Å². The number of aromatic nitrogens is 2. The van der Waals surface area contributed by atoms with Crippen molar-refractivity contribution in [3.05, 3.63) is 53.3 Å². The van der Waals surface area contributed by atoms with Crippen molar-refractivity contribution < 1.29 is 24.2 Å². The number of aliphatic carboxylic acids is 1. The van der Waals surface area contributed by atoms with Crippen molar-refractivity contribution in [2.45, 2.75) is 38.1 Å². The molecule has 0 saturated carbocycles. The number of carbonyl (C=O) groups is 2. The molecule has 142 valence electrons. The molecule has 1 fully saturated rings. The average Bonchev–Trinajstić information content (AvgIpc) is 3.25. The van der Waals surface area contributed by atoms with E-state index < -0.39 is 18.1 Å². The summed E-state index contributed by atoms with van der Waals surface area (Å²) in [5.41, 5.74) is 2.02. The predicted molar refractivity (Wildman–Crippen MR) is 93.9 cm³/mol. The molecule has 1 aromatic carbocycles. The van der Waals surface area contributed by atoms with E-state index in [9.17, 15) is 14.7 Å². The first-order valence-electron chi connectivity index (χ1n) is 8.99. The molecule has 3 heterocycles. The number of carboxylic acid groups (broad SMARTS) is 1. The fourth-order valence-corrected chi connectivity index (χ4v) is 3.59. The summed E-state index contributed by atoms with van der Waals surface area (Å²) in [5, 5.41) is 14.2. The van der Waals surface area contributed by atoms with Crippen LogP contribution in [-0.4, -0.2) is 45.1 Å². The van der Waals surface area contributed by atoms with E-state index in [4.69, 9.17) is 9.47 Å². The van der Waals surface area contributed by atoms with E-state index in [0.717, 1.165) is 18.4 Å². The van der Waals surface area contributed by atoms with Crippen LogP contribution in [0, 0.1) is 0 Å². The minimum Gasteiger partial charge on any atom is -0.479 e. The molecule has 2 aliphatic rings. The van der Waals surface area contributed by atoms with Gasteiger partial charge in [0.2, 0.25) is 0 Å². The van der Waals surface area contributed by atoms with Crippen molar-refractivity contribution in [2.75, 3.05) is 13.2 Å². The van der Waals surface area contributed by atoms with Crippen molar-refractivity contribution in [3.8, 4) is 0 Å². The number of hydrogen-bond donors (Lipinski definition) is 1. The van der Waals surface area contributed by atoms with E-state index >= 15 is 0 Å². The number of fused-ring (bicyclic) bond motifs is 1. The zero-order valence-electron chi connectivity index (χ0n) is 14.8. The second-order valence-corrected chi connectivity index (χ2v) is 6.76. The lowest BCUT2D eigenvalue weighted by atomic mass is 10.1. The van der Waals surface area contributed by atoms with Crippen LogP contribution in [0.3, 0.4) is 0 Å². The maximum Gasteiger partial charge on any atom is 0.411 e. The molecule has 1 unspecified atom stereocenters. The van der Waals surface area contributed by atoms with Crippen LogP contribution in [0.1, 0.15) is 41.7 Å². The molecule has 1 N–H and O–H groups in total. The normalized spacial score (nSPS) is 19.7. The van der Waals surface area contributed by atoms with E-state index in [1.54, 1.807) is 6.20 Å². The number of carboxylic acids is 1. The van der Waals surface area contributed by atoms with Crippen molar-refractivity contribution in [2.24, 2.45) is 0 Å². The van der Waals surface area contributed by atoms with Crippen LogP contribution in [0.4, 0.5) is 4.79 Å². The molecule has 4 rings (SSSR count). The van der Waals surface area contributed by atoms with Crippen LogP contribution >= 0.6 is 0 Å². The maximum atomic E-state index is 12.5. The molecule has 0 aliphatic carbocycles. The molecule has 8 nitrogen and oxygen atoms in total. The number of amides is 1. The largest absolute Gasteiger partial charge is 0.479 e. The number of rotatable bonds is 4. The lowest BCUT2D eigenvalue weighted by molar-refractivity contribution is -0.142. The second kappa shape index (κ2) is 7.40. The smallest absolute Gasteiger partial charge is 0.411 e. The Bertz CT molecular complexity index is 829. The Balaban J connectivity index is 1.48. The van der Waals surface area contributed by atoms with Gasteiger partial charge in [-0.3, -0.25) is 9.58 Å². The molecular formula is C19H21N3O5. The first-order valence-corrected chi connectivity index (χ1v) is 8.99. The Morgan fingerprint density at radius 3 is 2.67 bits per heavy atom. The van der Waals surface area contributed by atoms with E-state index in [1.165, 1.54) is 4.90 Å². The first-order chi connectivity index (χ1) is 13.1. The summed E-state index contributed by atoms with van der Waals surface area (Å²) >= 11 is 0. The van der Waals surface area contributed by atoms with E-state index in [2.05, 4.69) is 5.10 Å². The Kier molecular flexibility index (Phi) is 4.81. The third kappa shape index (κ3) is 3.52. The Morgan fingerprint density at radius 1 is 1.22 bits per heavy atom. The van der Waals surface area contributed by atoms with Crippen LogP contribution in [0.25, 0.3) is 0 Å². The molecule has 0 bridgehead atoms. The summed E-state index contributed by atoms with van der Waals surface area (Å²) in [5.74, 6) is -1.09. The van der Waals surface area contributed by atoms with Gasteiger partial charge in [0, 0.05) is 25.0 Å². The fraction of sp³-hybridized carbons (Fsp3) is 0.421. The number of benzene rings is 1. The van der Waals surface area contributed by atoms with Gasteiger partial charge < -0.3 is 14.6 Å². The summed E-state index contributed by atoms with van der Waals surface area (Å²) in [6.45, 7) is 1.59. The van der Waals surface area contributed by atoms with Crippen molar-refractivity contribution in [1.82, 2.24) is 14.7 Å². The number of hydrogen-bond acceptors (Lipinski definition) is 5. The van der Waals surface area contributed by atoms with Crippen molar-refractivity contribution in [1.29, 1.82) is 0 Å². The highest BCUT2D eigenvalue weighted by Gasteiger charge is 2.42. The summed E-state index contributed by atoms with van der Waals surface area (Å²) in [7, 11) is 0. The average molecular weight is 371 g/mol. The monoisotopic (exact) mass is 371 g/mol. The van der Waals surface area contributed by atoms with Gasteiger partial charge in [-0.1, -0.05) is 30.3 Å².